The largest absolute Gasteiger partial charge is 0.494 e. The van der Waals surface area contributed by atoms with Crippen molar-refractivity contribution >= 4 is 5.69 Å². The van der Waals surface area contributed by atoms with Crippen LogP contribution in [0.3, 0.4) is 0 Å². The van der Waals surface area contributed by atoms with Crippen LogP contribution in [-0.4, -0.2) is 13.2 Å². The van der Waals surface area contributed by atoms with Crippen LogP contribution in [0.5, 0.6) is 5.75 Å². The molecule has 100 valence electrons. The average molecular weight is 257 g/mol. The van der Waals surface area contributed by atoms with E-state index >= 15 is 0 Å². The summed E-state index contributed by atoms with van der Waals surface area (Å²) in [7, 11) is 0. The average Bonchev–Trinajstić information content (AvgIpc) is 2.93. The smallest absolute Gasteiger partial charge is 0.123 e. The molecule has 0 unspecified atom stereocenters. The van der Waals surface area contributed by atoms with Gasteiger partial charge in [-0.3, -0.25) is 0 Å². The highest BCUT2D eigenvalue weighted by molar-refractivity contribution is 5.49. The molecule has 3 heteroatoms. The molecule has 1 aromatic heterocycles. The van der Waals surface area contributed by atoms with Crippen molar-refractivity contribution < 1.29 is 9.15 Å². The lowest BCUT2D eigenvalue weighted by Crippen LogP contribution is -2.22. The molecular formula is C16H19NO2. The summed E-state index contributed by atoms with van der Waals surface area (Å²) < 4.78 is 10.8. The Morgan fingerprint density at radius 1 is 1.26 bits per heavy atom. The Balaban J connectivity index is 2.11. The summed E-state index contributed by atoms with van der Waals surface area (Å²) in [6.45, 7) is 7.97. The van der Waals surface area contributed by atoms with Crippen molar-refractivity contribution in [2.45, 2.75) is 13.5 Å². The van der Waals surface area contributed by atoms with Crippen LogP contribution in [0.15, 0.2) is 59.7 Å². The van der Waals surface area contributed by atoms with Crippen molar-refractivity contribution in [2.75, 3.05) is 18.1 Å². The van der Waals surface area contributed by atoms with Crippen LogP contribution in [0.4, 0.5) is 5.69 Å². The SMILES string of the molecule is C=CCN(Cc1ccco1)c1ccc(OCC)cc1. The number of hydrogen-bond donors (Lipinski definition) is 0. The summed E-state index contributed by atoms with van der Waals surface area (Å²) in [6.07, 6.45) is 3.58. The van der Waals surface area contributed by atoms with E-state index in [9.17, 15) is 0 Å². The molecule has 19 heavy (non-hydrogen) atoms. The zero-order chi connectivity index (χ0) is 13.5. The zero-order valence-corrected chi connectivity index (χ0v) is 11.2. The molecule has 0 radical (unpaired) electrons. The fourth-order valence-electron chi connectivity index (χ4n) is 1.93. The maximum atomic E-state index is 5.45. The molecule has 0 N–H and O–H groups in total. The predicted molar refractivity (Wildman–Crippen MR) is 77.6 cm³/mol. The molecule has 0 aliphatic carbocycles. The number of rotatable bonds is 7. The minimum absolute atomic E-state index is 0.683. The Morgan fingerprint density at radius 3 is 2.63 bits per heavy atom. The fourth-order valence-corrected chi connectivity index (χ4v) is 1.93. The van der Waals surface area contributed by atoms with Crippen molar-refractivity contribution in [3.05, 3.63) is 61.1 Å². The lowest BCUT2D eigenvalue weighted by molar-refractivity contribution is 0.340. The molecule has 0 amide bonds. The number of ether oxygens (including phenoxy) is 1. The Morgan fingerprint density at radius 2 is 2.05 bits per heavy atom. The van der Waals surface area contributed by atoms with Crippen LogP contribution in [0, 0.1) is 0 Å². The molecule has 3 nitrogen and oxygen atoms in total. The van der Waals surface area contributed by atoms with E-state index in [1.807, 2.05) is 37.3 Å². The van der Waals surface area contributed by atoms with E-state index in [-0.39, 0.29) is 0 Å². The first-order chi connectivity index (χ1) is 9.33. The second kappa shape index (κ2) is 6.69. The van der Waals surface area contributed by atoms with E-state index in [4.69, 9.17) is 9.15 Å². The Hall–Kier alpha value is -2.16. The minimum Gasteiger partial charge on any atom is -0.494 e. The van der Waals surface area contributed by atoms with Gasteiger partial charge in [-0.25, -0.2) is 0 Å². The summed E-state index contributed by atoms with van der Waals surface area (Å²) >= 11 is 0. The van der Waals surface area contributed by atoms with Crippen LogP contribution < -0.4 is 9.64 Å². The second-order valence-electron chi connectivity index (χ2n) is 4.18. The van der Waals surface area contributed by atoms with Crippen molar-refractivity contribution in [1.82, 2.24) is 0 Å². The van der Waals surface area contributed by atoms with E-state index in [0.717, 1.165) is 30.3 Å². The Bertz CT molecular complexity index is 488. The molecule has 2 rings (SSSR count). The van der Waals surface area contributed by atoms with E-state index in [2.05, 4.69) is 23.6 Å². The molecule has 0 atom stereocenters. The van der Waals surface area contributed by atoms with Crippen LogP contribution in [0.25, 0.3) is 0 Å². The summed E-state index contributed by atoms with van der Waals surface area (Å²) in [5, 5.41) is 0. The minimum atomic E-state index is 0.683. The number of hydrogen-bond acceptors (Lipinski definition) is 3. The van der Waals surface area contributed by atoms with Gasteiger partial charge in [0.1, 0.15) is 11.5 Å². The van der Waals surface area contributed by atoms with Gasteiger partial charge in [0.15, 0.2) is 0 Å². The number of benzene rings is 1. The lowest BCUT2D eigenvalue weighted by Gasteiger charge is -2.22. The molecule has 1 aromatic carbocycles. The Kier molecular flexibility index (Phi) is 4.67. The number of furan rings is 1. The Labute approximate surface area is 114 Å². The van der Waals surface area contributed by atoms with E-state index < -0.39 is 0 Å². The molecule has 0 fully saturated rings. The van der Waals surface area contributed by atoms with Gasteiger partial charge in [-0.05, 0) is 43.3 Å². The zero-order valence-electron chi connectivity index (χ0n) is 11.2. The monoisotopic (exact) mass is 257 g/mol. The van der Waals surface area contributed by atoms with Crippen molar-refractivity contribution in [1.29, 1.82) is 0 Å². The van der Waals surface area contributed by atoms with Gasteiger partial charge < -0.3 is 14.1 Å². The van der Waals surface area contributed by atoms with Crippen molar-refractivity contribution in [3.8, 4) is 5.75 Å². The molecule has 2 aromatic rings. The third-order valence-corrected chi connectivity index (χ3v) is 2.79. The summed E-state index contributed by atoms with van der Waals surface area (Å²) in [6, 6.07) is 12.0. The molecular weight excluding hydrogens is 238 g/mol. The summed E-state index contributed by atoms with van der Waals surface area (Å²) in [5.74, 6) is 1.83. The van der Waals surface area contributed by atoms with Crippen molar-refractivity contribution in [3.63, 3.8) is 0 Å². The third-order valence-electron chi connectivity index (χ3n) is 2.79. The molecule has 0 spiro atoms. The molecule has 0 saturated heterocycles. The highest BCUT2D eigenvalue weighted by Gasteiger charge is 2.07. The van der Waals surface area contributed by atoms with Crippen molar-refractivity contribution in [2.24, 2.45) is 0 Å². The van der Waals surface area contributed by atoms with Gasteiger partial charge in [0.25, 0.3) is 0 Å². The fraction of sp³-hybridized carbons (Fsp3) is 0.250. The highest BCUT2D eigenvalue weighted by Crippen LogP contribution is 2.21. The number of nitrogens with zero attached hydrogens (tertiary/aromatic N) is 1. The third kappa shape index (κ3) is 3.65. The van der Waals surface area contributed by atoms with Gasteiger partial charge >= 0.3 is 0 Å². The predicted octanol–water partition coefficient (Wildman–Crippen LogP) is 3.87. The van der Waals surface area contributed by atoms with Gasteiger partial charge in [-0.15, -0.1) is 6.58 Å². The van der Waals surface area contributed by atoms with Gasteiger partial charge in [0.05, 0.1) is 19.4 Å². The highest BCUT2D eigenvalue weighted by atomic mass is 16.5. The quantitative estimate of drug-likeness (QED) is 0.704. The standard InChI is InChI=1S/C16H19NO2/c1-3-11-17(13-16-6-5-12-19-16)14-7-9-15(10-8-14)18-4-2/h3,5-10,12H,1,4,11,13H2,2H3. The molecule has 1 heterocycles. The van der Waals surface area contributed by atoms with E-state index in [1.54, 1.807) is 6.26 Å². The molecule has 0 aliphatic heterocycles. The normalized spacial score (nSPS) is 10.2. The lowest BCUT2D eigenvalue weighted by atomic mass is 10.2. The maximum Gasteiger partial charge on any atom is 0.123 e. The van der Waals surface area contributed by atoms with E-state index in [1.165, 1.54) is 0 Å². The molecule has 0 aliphatic rings. The van der Waals surface area contributed by atoms with Gasteiger partial charge in [-0.1, -0.05) is 6.08 Å². The van der Waals surface area contributed by atoms with Crippen LogP contribution in [0.1, 0.15) is 12.7 Å². The molecule has 0 saturated carbocycles. The topological polar surface area (TPSA) is 25.6 Å². The van der Waals surface area contributed by atoms with Gasteiger partial charge in [0.2, 0.25) is 0 Å². The maximum absolute atomic E-state index is 5.45. The van der Waals surface area contributed by atoms with E-state index in [0.29, 0.717) is 6.61 Å². The van der Waals surface area contributed by atoms with Crippen LogP contribution in [0.2, 0.25) is 0 Å². The van der Waals surface area contributed by atoms with Gasteiger partial charge in [0, 0.05) is 12.2 Å². The first-order valence-corrected chi connectivity index (χ1v) is 6.44. The first-order valence-electron chi connectivity index (χ1n) is 6.44. The molecule has 0 bridgehead atoms. The summed E-state index contributed by atoms with van der Waals surface area (Å²) in [4.78, 5) is 2.20. The van der Waals surface area contributed by atoms with Gasteiger partial charge in [-0.2, -0.15) is 0 Å². The second-order valence-corrected chi connectivity index (χ2v) is 4.18. The summed E-state index contributed by atoms with van der Waals surface area (Å²) in [5.41, 5.74) is 1.12. The van der Waals surface area contributed by atoms with Crippen LogP contribution >= 0.6 is 0 Å². The van der Waals surface area contributed by atoms with Crippen LogP contribution in [-0.2, 0) is 6.54 Å². The number of anilines is 1. The first kappa shape index (κ1) is 13.3.